The van der Waals surface area contributed by atoms with Gasteiger partial charge >= 0.3 is 0 Å². The number of aliphatic hydroxyl groups is 2. The summed E-state index contributed by atoms with van der Waals surface area (Å²) >= 11 is 0. The molecule has 0 fully saturated rings. The van der Waals surface area contributed by atoms with Gasteiger partial charge in [0.25, 0.3) is 0 Å². The number of ketones is 1. The van der Waals surface area contributed by atoms with Gasteiger partial charge in [-0.3, -0.25) is 4.79 Å². The minimum Gasteiger partial charge on any atom is -0.540 e. The summed E-state index contributed by atoms with van der Waals surface area (Å²) in [4.78, 5) is 14.5. The molecule has 0 aliphatic carbocycles. The standard InChI is InChI=1S/C22H22NO2.C5H8O2.Rh/c1-14-9-15(2)22(16(3)10-14)17-7-8-23-21(12-17)20-6-5-19(25-4)11-18(20)13-24;1-4(6)3-5(2)7;/h5,7-12,24H,13H2,1-4H3;3,6H,1-2H3;/q-1;;/b;4-3-;. The summed E-state index contributed by atoms with van der Waals surface area (Å²) in [6.07, 6.45) is 2.97. The van der Waals surface area contributed by atoms with Crippen LogP contribution in [-0.4, -0.2) is 28.1 Å². The minimum absolute atomic E-state index is 0. The fourth-order valence-corrected chi connectivity index (χ4v) is 3.65. The number of hydrogen-bond donors (Lipinski definition) is 2. The molecule has 0 unspecified atom stereocenters. The first-order valence-corrected chi connectivity index (χ1v) is 10.3. The fourth-order valence-electron chi connectivity index (χ4n) is 3.65. The molecule has 0 saturated carbocycles. The van der Waals surface area contributed by atoms with Gasteiger partial charge in [-0.25, -0.2) is 0 Å². The molecule has 1 aromatic heterocycles. The van der Waals surface area contributed by atoms with Gasteiger partial charge < -0.3 is 19.9 Å². The predicted octanol–water partition coefficient (Wildman–Crippen LogP) is 5.68. The van der Waals surface area contributed by atoms with E-state index in [0.29, 0.717) is 5.75 Å². The Balaban J connectivity index is 0.000000595. The van der Waals surface area contributed by atoms with Gasteiger partial charge in [-0.15, -0.1) is 17.7 Å². The van der Waals surface area contributed by atoms with Crippen LogP contribution < -0.4 is 4.74 Å². The molecular weight excluding hydrogens is 505 g/mol. The van der Waals surface area contributed by atoms with Crippen molar-refractivity contribution in [2.45, 2.75) is 41.2 Å². The number of rotatable bonds is 5. The molecule has 0 aliphatic heterocycles. The summed E-state index contributed by atoms with van der Waals surface area (Å²) in [6.45, 7) is 9.14. The summed E-state index contributed by atoms with van der Waals surface area (Å²) in [5, 5.41) is 18.1. The molecule has 2 N–H and O–H groups in total. The number of hydrogen-bond acceptors (Lipinski definition) is 5. The molecule has 2 aromatic carbocycles. The minimum atomic E-state index is -0.125. The third kappa shape index (κ3) is 7.92. The smallest absolute Gasteiger partial charge is 0.155 e. The number of allylic oxidation sites excluding steroid dienone is 2. The number of methoxy groups -OCH3 is 1. The Labute approximate surface area is 208 Å². The molecule has 0 aliphatic rings. The van der Waals surface area contributed by atoms with Gasteiger partial charge in [0.15, 0.2) is 5.78 Å². The van der Waals surface area contributed by atoms with E-state index >= 15 is 0 Å². The van der Waals surface area contributed by atoms with Crippen LogP contribution in [0.3, 0.4) is 0 Å². The number of aryl methyl sites for hydroxylation is 3. The second-order valence-electron chi connectivity index (χ2n) is 7.70. The maximum Gasteiger partial charge on any atom is 0.155 e. The maximum atomic E-state index is 10.0. The van der Waals surface area contributed by atoms with E-state index in [9.17, 15) is 9.90 Å². The van der Waals surface area contributed by atoms with Crippen LogP contribution in [0.15, 0.2) is 54.4 Å². The molecule has 177 valence electrons. The van der Waals surface area contributed by atoms with Crippen LogP contribution in [0.2, 0.25) is 0 Å². The van der Waals surface area contributed by atoms with Crippen molar-refractivity contribution in [3.05, 3.63) is 82.8 Å². The summed E-state index contributed by atoms with van der Waals surface area (Å²) in [5.74, 6) is 0.613. The molecule has 0 saturated heterocycles. The monoisotopic (exact) mass is 535 g/mol. The Morgan fingerprint density at radius 1 is 1.12 bits per heavy atom. The Kier molecular flexibility index (Phi) is 11.1. The first-order chi connectivity index (χ1) is 15.2. The predicted molar refractivity (Wildman–Crippen MR) is 128 cm³/mol. The van der Waals surface area contributed by atoms with E-state index in [2.05, 4.69) is 50.0 Å². The van der Waals surface area contributed by atoms with Crippen molar-refractivity contribution < 1.29 is 39.2 Å². The molecule has 5 nitrogen and oxygen atoms in total. The van der Waals surface area contributed by atoms with Crippen LogP contribution in [0.25, 0.3) is 22.4 Å². The van der Waals surface area contributed by atoms with E-state index < -0.39 is 0 Å². The Bertz CT molecular complexity index is 1110. The molecule has 1 heterocycles. The van der Waals surface area contributed by atoms with Gasteiger partial charge in [-0.1, -0.05) is 35.4 Å². The number of benzene rings is 2. The largest absolute Gasteiger partial charge is 0.540 e. The zero-order valence-electron chi connectivity index (χ0n) is 19.8. The van der Waals surface area contributed by atoms with Crippen LogP contribution in [0.1, 0.15) is 36.1 Å². The first-order valence-electron chi connectivity index (χ1n) is 10.3. The van der Waals surface area contributed by atoms with Crippen molar-refractivity contribution in [2.75, 3.05) is 7.11 Å². The van der Waals surface area contributed by atoms with Crippen LogP contribution >= 0.6 is 0 Å². The number of aliphatic hydroxyl groups excluding tert-OH is 2. The van der Waals surface area contributed by atoms with Gasteiger partial charge in [0.2, 0.25) is 0 Å². The number of pyridine rings is 1. The van der Waals surface area contributed by atoms with E-state index in [1.807, 2.05) is 18.3 Å². The van der Waals surface area contributed by atoms with Gasteiger partial charge in [0.05, 0.1) is 12.9 Å². The number of carbonyl (C=O) groups excluding carboxylic acids is 1. The number of ether oxygens (including phenoxy) is 1. The first kappa shape index (κ1) is 28.2. The summed E-state index contributed by atoms with van der Waals surface area (Å²) in [7, 11) is 1.60. The topological polar surface area (TPSA) is 79.7 Å². The van der Waals surface area contributed by atoms with E-state index in [0.717, 1.165) is 22.4 Å². The molecule has 0 bridgehead atoms. The van der Waals surface area contributed by atoms with Crippen molar-refractivity contribution in [2.24, 2.45) is 0 Å². The summed E-state index contributed by atoms with van der Waals surface area (Å²) in [6, 6.07) is 15.3. The van der Waals surface area contributed by atoms with E-state index in [4.69, 9.17) is 9.84 Å². The Morgan fingerprint density at radius 2 is 1.76 bits per heavy atom. The van der Waals surface area contributed by atoms with Gasteiger partial charge in [-0.2, -0.15) is 0 Å². The average molecular weight is 535 g/mol. The summed E-state index contributed by atoms with van der Waals surface area (Å²) < 4.78 is 5.22. The molecule has 0 atom stereocenters. The zero-order chi connectivity index (χ0) is 23.8. The molecule has 6 heteroatoms. The Morgan fingerprint density at radius 3 is 2.24 bits per heavy atom. The quantitative estimate of drug-likeness (QED) is 0.190. The fraction of sp³-hybridized carbons (Fsp3) is 0.259. The third-order valence-corrected chi connectivity index (χ3v) is 4.80. The number of nitrogens with zero attached hydrogens (tertiary/aromatic N) is 1. The number of aromatic nitrogens is 1. The van der Waals surface area contributed by atoms with Crippen molar-refractivity contribution in [3.8, 4) is 28.1 Å². The number of carbonyl (C=O) groups is 1. The molecular formula is C27H30NO4Rh-. The van der Waals surface area contributed by atoms with Crippen LogP contribution in [0.4, 0.5) is 0 Å². The normalized spacial score (nSPS) is 10.6. The SMILES string of the molecule is CC(=O)/C=C(/C)O.COc1c[c-]c(-c2cc(-c3c(C)cc(C)cc3C)ccn2)c(CO)c1.[Rh]. The van der Waals surface area contributed by atoms with Crippen molar-refractivity contribution >= 4 is 5.78 Å². The second-order valence-corrected chi connectivity index (χ2v) is 7.70. The van der Waals surface area contributed by atoms with E-state index in [-0.39, 0.29) is 37.6 Å². The second kappa shape index (κ2) is 13.0. The van der Waals surface area contributed by atoms with E-state index in [1.54, 1.807) is 13.2 Å². The van der Waals surface area contributed by atoms with Crippen molar-refractivity contribution in [1.29, 1.82) is 0 Å². The van der Waals surface area contributed by atoms with Gasteiger partial charge in [-0.05, 0) is 68.6 Å². The maximum absolute atomic E-state index is 10.0. The van der Waals surface area contributed by atoms with Crippen LogP contribution in [0.5, 0.6) is 5.75 Å². The van der Waals surface area contributed by atoms with Crippen LogP contribution in [-0.2, 0) is 30.9 Å². The van der Waals surface area contributed by atoms with E-state index in [1.165, 1.54) is 42.2 Å². The third-order valence-electron chi connectivity index (χ3n) is 4.80. The Hall–Kier alpha value is -2.82. The molecule has 3 aromatic rings. The van der Waals surface area contributed by atoms with Crippen molar-refractivity contribution in [1.82, 2.24) is 4.98 Å². The zero-order valence-corrected chi connectivity index (χ0v) is 21.5. The molecule has 0 amide bonds. The van der Waals surface area contributed by atoms with Gasteiger partial charge in [0.1, 0.15) is 0 Å². The molecule has 33 heavy (non-hydrogen) atoms. The van der Waals surface area contributed by atoms with Crippen molar-refractivity contribution in [3.63, 3.8) is 0 Å². The molecule has 3 rings (SSSR count). The van der Waals surface area contributed by atoms with Crippen LogP contribution in [0, 0.1) is 26.8 Å². The summed E-state index contributed by atoms with van der Waals surface area (Å²) in [5.41, 5.74) is 8.45. The average Bonchev–Trinajstić information content (AvgIpc) is 2.72. The molecule has 0 spiro atoms. The van der Waals surface area contributed by atoms with Gasteiger partial charge in [0, 0.05) is 44.1 Å². The molecule has 1 radical (unpaired) electrons.